The number of aryl methyl sites for hydroxylation is 1. The maximum atomic E-state index is 5.60. The SMILES string of the molecule is Cc1cc(-c2nc(C(C)N)no2)n[nH]1. The van der Waals surface area contributed by atoms with Gasteiger partial charge in [-0.15, -0.1) is 0 Å². The number of rotatable bonds is 2. The summed E-state index contributed by atoms with van der Waals surface area (Å²) in [7, 11) is 0. The Bertz CT molecular complexity index is 430. The summed E-state index contributed by atoms with van der Waals surface area (Å²) in [5, 5.41) is 10.5. The van der Waals surface area contributed by atoms with Crippen LogP contribution in [0.2, 0.25) is 0 Å². The minimum Gasteiger partial charge on any atom is -0.332 e. The van der Waals surface area contributed by atoms with Gasteiger partial charge in [0.1, 0.15) is 0 Å². The van der Waals surface area contributed by atoms with E-state index in [1.54, 1.807) is 6.92 Å². The number of aromatic nitrogens is 4. The Balaban J connectivity index is 2.33. The summed E-state index contributed by atoms with van der Waals surface area (Å²) in [6.45, 7) is 3.70. The molecule has 0 spiro atoms. The van der Waals surface area contributed by atoms with E-state index in [1.807, 2.05) is 13.0 Å². The Kier molecular flexibility index (Phi) is 2.05. The van der Waals surface area contributed by atoms with Crippen LogP contribution in [0.4, 0.5) is 0 Å². The van der Waals surface area contributed by atoms with Gasteiger partial charge in [-0.05, 0) is 19.9 Å². The van der Waals surface area contributed by atoms with Crippen molar-refractivity contribution in [3.8, 4) is 11.6 Å². The average Bonchev–Trinajstić information content (AvgIpc) is 2.70. The zero-order valence-corrected chi connectivity index (χ0v) is 7.98. The highest BCUT2D eigenvalue weighted by molar-refractivity contribution is 5.46. The van der Waals surface area contributed by atoms with Crippen LogP contribution in [-0.4, -0.2) is 20.3 Å². The molecule has 0 fully saturated rings. The van der Waals surface area contributed by atoms with Crippen LogP contribution in [0.25, 0.3) is 11.6 Å². The van der Waals surface area contributed by atoms with Crippen LogP contribution in [0.3, 0.4) is 0 Å². The number of nitrogens with one attached hydrogen (secondary N) is 1. The van der Waals surface area contributed by atoms with E-state index in [2.05, 4.69) is 20.3 Å². The van der Waals surface area contributed by atoms with Gasteiger partial charge in [-0.25, -0.2) is 0 Å². The Morgan fingerprint density at radius 3 is 2.86 bits per heavy atom. The maximum Gasteiger partial charge on any atom is 0.278 e. The standard InChI is InChI=1S/C8H11N5O/c1-4-3-6(12-11-4)8-10-7(5(2)9)13-14-8/h3,5H,9H2,1-2H3,(H,11,12). The molecule has 0 radical (unpaired) electrons. The summed E-state index contributed by atoms with van der Waals surface area (Å²) in [6, 6.07) is 1.60. The highest BCUT2D eigenvalue weighted by Crippen LogP contribution is 2.16. The maximum absolute atomic E-state index is 5.60. The number of H-pyrrole nitrogens is 1. The molecule has 2 rings (SSSR count). The molecule has 0 aliphatic carbocycles. The van der Waals surface area contributed by atoms with Crippen LogP contribution in [0.1, 0.15) is 24.5 Å². The monoisotopic (exact) mass is 193 g/mol. The molecule has 0 aromatic carbocycles. The normalized spacial score (nSPS) is 13.1. The first-order valence-corrected chi connectivity index (χ1v) is 4.28. The zero-order valence-electron chi connectivity index (χ0n) is 7.98. The first-order chi connectivity index (χ1) is 6.66. The summed E-state index contributed by atoms with van der Waals surface area (Å²) in [5.41, 5.74) is 7.18. The van der Waals surface area contributed by atoms with Crippen molar-refractivity contribution in [3.63, 3.8) is 0 Å². The fourth-order valence-corrected chi connectivity index (χ4v) is 1.05. The van der Waals surface area contributed by atoms with Crippen molar-refractivity contribution >= 4 is 0 Å². The van der Waals surface area contributed by atoms with Gasteiger partial charge < -0.3 is 10.3 Å². The van der Waals surface area contributed by atoms with E-state index < -0.39 is 0 Å². The molecule has 2 aromatic heterocycles. The summed E-state index contributed by atoms with van der Waals surface area (Å²) < 4.78 is 5.00. The molecular formula is C8H11N5O. The fraction of sp³-hybridized carbons (Fsp3) is 0.375. The van der Waals surface area contributed by atoms with E-state index in [-0.39, 0.29) is 6.04 Å². The third-order valence-corrected chi connectivity index (χ3v) is 1.77. The smallest absolute Gasteiger partial charge is 0.278 e. The number of nitrogens with two attached hydrogens (primary N) is 1. The molecule has 0 amide bonds. The predicted octanol–water partition coefficient (Wildman–Crippen LogP) is 0.788. The molecule has 74 valence electrons. The van der Waals surface area contributed by atoms with E-state index in [4.69, 9.17) is 10.3 Å². The highest BCUT2D eigenvalue weighted by Gasteiger charge is 2.13. The predicted molar refractivity (Wildman–Crippen MR) is 49.2 cm³/mol. The van der Waals surface area contributed by atoms with Crippen LogP contribution >= 0.6 is 0 Å². The first kappa shape index (κ1) is 8.89. The van der Waals surface area contributed by atoms with Gasteiger partial charge in [0.05, 0.1) is 6.04 Å². The summed E-state index contributed by atoms with van der Waals surface area (Å²) in [5.74, 6) is 0.877. The Morgan fingerprint density at radius 1 is 1.57 bits per heavy atom. The van der Waals surface area contributed by atoms with Crippen molar-refractivity contribution in [1.29, 1.82) is 0 Å². The van der Waals surface area contributed by atoms with Gasteiger partial charge in [0, 0.05) is 5.69 Å². The molecule has 0 aliphatic rings. The van der Waals surface area contributed by atoms with E-state index in [1.165, 1.54) is 0 Å². The van der Waals surface area contributed by atoms with Crippen LogP contribution in [0, 0.1) is 6.92 Å². The minimum absolute atomic E-state index is 0.229. The van der Waals surface area contributed by atoms with Gasteiger partial charge in [-0.2, -0.15) is 10.1 Å². The summed E-state index contributed by atoms with van der Waals surface area (Å²) in [6.07, 6.45) is 0. The molecule has 1 atom stereocenters. The molecule has 0 aliphatic heterocycles. The van der Waals surface area contributed by atoms with Gasteiger partial charge in [-0.1, -0.05) is 5.16 Å². The van der Waals surface area contributed by atoms with Crippen LogP contribution in [-0.2, 0) is 0 Å². The molecule has 3 N–H and O–H groups in total. The van der Waals surface area contributed by atoms with Crippen molar-refractivity contribution in [2.45, 2.75) is 19.9 Å². The van der Waals surface area contributed by atoms with E-state index in [0.29, 0.717) is 17.4 Å². The second-order valence-corrected chi connectivity index (χ2v) is 3.18. The Morgan fingerprint density at radius 2 is 2.36 bits per heavy atom. The molecule has 6 nitrogen and oxygen atoms in total. The third kappa shape index (κ3) is 1.51. The molecule has 2 aromatic rings. The molecular weight excluding hydrogens is 182 g/mol. The second-order valence-electron chi connectivity index (χ2n) is 3.18. The van der Waals surface area contributed by atoms with E-state index >= 15 is 0 Å². The van der Waals surface area contributed by atoms with Gasteiger partial charge in [-0.3, -0.25) is 5.10 Å². The topological polar surface area (TPSA) is 93.6 Å². The quantitative estimate of drug-likeness (QED) is 0.735. The van der Waals surface area contributed by atoms with Crippen LogP contribution < -0.4 is 5.73 Å². The molecule has 0 saturated carbocycles. The number of aromatic amines is 1. The molecule has 1 unspecified atom stereocenters. The second kappa shape index (κ2) is 3.22. The summed E-state index contributed by atoms with van der Waals surface area (Å²) >= 11 is 0. The zero-order chi connectivity index (χ0) is 10.1. The molecule has 0 bridgehead atoms. The Hall–Kier alpha value is -1.69. The van der Waals surface area contributed by atoms with Gasteiger partial charge in [0.15, 0.2) is 11.5 Å². The highest BCUT2D eigenvalue weighted by atomic mass is 16.5. The van der Waals surface area contributed by atoms with E-state index in [0.717, 1.165) is 5.69 Å². The lowest BCUT2D eigenvalue weighted by Crippen LogP contribution is -2.06. The molecule has 6 heteroatoms. The Labute approximate surface area is 80.5 Å². The minimum atomic E-state index is -0.229. The lowest BCUT2D eigenvalue weighted by atomic mass is 10.3. The lowest BCUT2D eigenvalue weighted by Gasteiger charge is -1.92. The molecule has 14 heavy (non-hydrogen) atoms. The van der Waals surface area contributed by atoms with Crippen LogP contribution in [0.5, 0.6) is 0 Å². The largest absolute Gasteiger partial charge is 0.332 e. The summed E-state index contributed by atoms with van der Waals surface area (Å²) in [4.78, 5) is 4.11. The molecule has 2 heterocycles. The van der Waals surface area contributed by atoms with Crippen molar-refractivity contribution in [2.75, 3.05) is 0 Å². The number of hydrogen-bond acceptors (Lipinski definition) is 5. The average molecular weight is 193 g/mol. The van der Waals surface area contributed by atoms with Crippen molar-refractivity contribution in [1.82, 2.24) is 20.3 Å². The van der Waals surface area contributed by atoms with Crippen molar-refractivity contribution in [2.24, 2.45) is 5.73 Å². The third-order valence-electron chi connectivity index (χ3n) is 1.77. The van der Waals surface area contributed by atoms with E-state index in [9.17, 15) is 0 Å². The van der Waals surface area contributed by atoms with Crippen LogP contribution in [0.15, 0.2) is 10.6 Å². The number of nitrogens with zero attached hydrogens (tertiary/aromatic N) is 3. The van der Waals surface area contributed by atoms with Gasteiger partial charge in [0.2, 0.25) is 0 Å². The lowest BCUT2D eigenvalue weighted by molar-refractivity contribution is 0.417. The van der Waals surface area contributed by atoms with Gasteiger partial charge >= 0.3 is 0 Å². The van der Waals surface area contributed by atoms with Crippen molar-refractivity contribution < 1.29 is 4.52 Å². The molecule has 0 saturated heterocycles. The van der Waals surface area contributed by atoms with Gasteiger partial charge in [0.25, 0.3) is 5.89 Å². The first-order valence-electron chi connectivity index (χ1n) is 4.28. The van der Waals surface area contributed by atoms with Crippen molar-refractivity contribution in [3.05, 3.63) is 17.6 Å². The number of hydrogen-bond donors (Lipinski definition) is 2. The fourth-order valence-electron chi connectivity index (χ4n) is 1.05.